The van der Waals surface area contributed by atoms with Gasteiger partial charge in [0.25, 0.3) is 0 Å². The highest BCUT2D eigenvalue weighted by molar-refractivity contribution is 7.94. The second kappa shape index (κ2) is 3.39. The normalized spacial score (nSPS) is 9.55. The van der Waals surface area contributed by atoms with Crippen molar-refractivity contribution in [3.05, 3.63) is 23.8 Å². The SMILES string of the molecule is O=Cc1ccc(O)c(SF)c1. The van der Waals surface area contributed by atoms with Crippen LogP contribution in [0, 0.1) is 0 Å². The Morgan fingerprint density at radius 3 is 2.82 bits per heavy atom. The maximum Gasteiger partial charge on any atom is 0.150 e. The van der Waals surface area contributed by atoms with Gasteiger partial charge in [0.05, 0.1) is 17.0 Å². The lowest BCUT2D eigenvalue weighted by molar-refractivity contribution is 0.112. The molecule has 0 amide bonds. The van der Waals surface area contributed by atoms with E-state index in [1.54, 1.807) is 0 Å². The van der Waals surface area contributed by atoms with Crippen molar-refractivity contribution < 1.29 is 13.8 Å². The Morgan fingerprint density at radius 1 is 1.55 bits per heavy atom. The quantitative estimate of drug-likeness (QED) is 0.695. The zero-order valence-corrected chi connectivity index (χ0v) is 6.27. The molecular formula is C7H5FO2S. The first kappa shape index (κ1) is 8.07. The van der Waals surface area contributed by atoms with Crippen molar-refractivity contribution in [2.75, 3.05) is 0 Å². The summed E-state index contributed by atoms with van der Waals surface area (Å²) in [6.07, 6.45) is 0.596. The molecule has 2 nitrogen and oxygen atoms in total. The van der Waals surface area contributed by atoms with E-state index >= 15 is 0 Å². The van der Waals surface area contributed by atoms with Crippen LogP contribution in [0.3, 0.4) is 0 Å². The molecule has 0 heterocycles. The van der Waals surface area contributed by atoms with E-state index in [9.17, 15) is 8.68 Å². The first-order valence-corrected chi connectivity index (χ1v) is 3.56. The van der Waals surface area contributed by atoms with E-state index in [4.69, 9.17) is 5.11 Å². The van der Waals surface area contributed by atoms with Gasteiger partial charge >= 0.3 is 0 Å². The number of phenols is 1. The lowest BCUT2D eigenvalue weighted by Gasteiger charge is -1.97. The van der Waals surface area contributed by atoms with Gasteiger partial charge in [0, 0.05) is 5.56 Å². The average molecular weight is 172 g/mol. The summed E-state index contributed by atoms with van der Waals surface area (Å²) < 4.78 is 11.9. The van der Waals surface area contributed by atoms with E-state index < -0.39 is 0 Å². The fraction of sp³-hybridized carbons (Fsp3) is 0. The van der Waals surface area contributed by atoms with Crippen molar-refractivity contribution in [1.82, 2.24) is 0 Å². The molecule has 0 aliphatic carbocycles. The Kier molecular flexibility index (Phi) is 2.48. The Labute approximate surface area is 67.3 Å². The van der Waals surface area contributed by atoms with Gasteiger partial charge in [-0.05, 0) is 18.2 Å². The highest BCUT2D eigenvalue weighted by Crippen LogP contribution is 2.29. The third-order valence-electron chi connectivity index (χ3n) is 1.20. The van der Waals surface area contributed by atoms with Crippen molar-refractivity contribution in [3.8, 4) is 5.75 Å². The monoisotopic (exact) mass is 172 g/mol. The summed E-state index contributed by atoms with van der Waals surface area (Å²) in [4.78, 5) is 10.2. The fourth-order valence-electron chi connectivity index (χ4n) is 0.666. The largest absolute Gasteiger partial charge is 0.507 e. The lowest BCUT2D eigenvalue weighted by Crippen LogP contribution is -1.79. The minimum atomic E-state index is -0.150. The summed E-state index contributed by atoms with van der Waals surface area (Å²) in [6, 6.07) is 3.99. The molecule has 0 aliphatic rings. The van der Waals surface area contributed by atoms with E-state index in [0.717, 1.165) is 0 Å². The molecular weight excluding hydrogens is 167 g/mol. The number of aromatic hydroxyl groups is 1. The molecule has 0 saturated carbocycles. The van der Waals surface area contributed by atoms with Gasteiger partial charge in [-0.3, -0.25) is 4.79 Å². The van der Waals surface area contributed by atoms with E-state index in [1.165, 1.54) is 18.2 Å². The Hall–Kier alpha value is -1.03. The molecule has 0 atom stereocenters. The molecule has 4 heteroatoms. The van der Waals surface area contributed by atoms with Gasteiger partial charge in [0.1, 0.15) is 12.0 Å². The third-order valence-corrected chi connectivity index (χ3v) is 1.70. The van der Waals surface area contributed by atoms with Crippen LogP contribution in [0.2, 0.25) is 0 Å². The van der Waals surface area contributed by atoms with E-state index in [2.05, 4.69) is 0 Å². The van der Waals surface area contributed by atoms with Crippen LogP contribution in [0.5, 0.6) is 5.75 Å². The Balaban J connectivity index is 3.12. The number of carbonyl (C=O) groups excluding carboxylic acids is 1. The second-order valence-corrected chi connectivity index (χ2v) is 2.52. The number of rotatable bonds is 2. The number of aldehydes is 1. The number of carbonyl (C=O) groups is 1. The number of hydrogen-bond acceptors (Lipinski definition) is 3. The number of halogens is 1. The van der Waals surface area contributed by atoms with E-state index in [1.807, 2.05) is 0 Å². The van der Waals surface area contributed by atoms with Crippen molar-refractivity contribution in [2.24, 2.45) is 0 Å². The molecule has 58 valence electrons. The first-order valence-electron chi connectivity index (χ1n) is 2.84. The predicted octanol–water partition coefficient (Wildman–Crippen LogP) is 2.18. The van der Waals surface area contributed by atoms with Crippen LogP contribution in [0.4, 0.5) is 3.89 Å². The summed E-state index contributed by atoms with van der Waals surface area (Å²) in [5, 5.41) is 8.95. The van der Waals surface area contributed by atoms with Gasteiger partial charge in [-0.2, -0.15) is 3.89 Å². The smallest absolute Gasteiger partial charge is 0.150 e. The van der Waals surface area contributed by atoms with Gasteiger partial charge in [-0.15, -0.1) is 0 Å². The molecule has 0 radical (unpaired) electrons. The molecule has 1 aromatic rings. The van der Waals surface area contributed by atoms with Crippen molar-refractivity contribution >= 4 is 18.4 Å². The van der Waals surface area contributed by atoms with Crippen molar-refractivity contribution in [3.63, 3.8) is 0 Å². The van der Waals surface area contributed by atoms with Crippen LogP contribution in [0.1, 0.15) is 10.4 Å². The Morgan fingerprint density at radius 2 is 2.27 bits per heavy atom. The minimum Gasteiger partial charge on any atom is -0.507 e. The van der Waals surface area contributed by atoms with Gasteiger partial charge in [-0.1, -0.05) is 0 Å². The van der Waals surface area contributed by atoms with Gasteiger partial charge in [-0.25, -0.2) is 0 Å². The predicted molar refractivity (Wildman–Crippen MR) is 40.5 cm³/mol. The standard InChI is InChI=1S/C7H5FO2S/c8-11-7-3-5(4-9)1-2-6(7)10/h1-4,10H. The summed E-state index contributed by atoms with van der Waals surface area (Å²) in [7, 11) is 0. The van der Waals surface area contributed by atoms with Crippen LogP contribution in [0.15, 0.2) is 23.1 Å². The summed E-state index contributed by atoms with van der Waals surface area (Å²) in [5.41, 5.74) is 0.350. The topological polar surface area (TPSA) is 37.3 Å². The molecule has 1 rings (SSSR count). The molecule has 0 saturated heterocycles. The Bertz CT molecular complexity index is 275. The highest BCUT2D eigenvalue weighted by Gasteiger charge is 2.01. The molecule has 0 spiro atoms. The number of hydrogen-bond donors (Lipinski definition) is 1. The van der Waals surface area contributed by atoms with E-state index in [0.29, 0.717) is 11.8 Å². The van der Waals surface area contributed by atoms with Crippen molar-refractivity contribution in [2.45, 2.75) is 4.90 Å². The van der Waals surface area contributed by atoms with Crippen molar-refractivity contribution in [1.29, 1.82) is 0 Å². The highest BCUT2D eigenvalue weighted by atomic mass is 32.2. The zero-order valence-electron chi connectivity index (χ0n) is 5.45. The molecule has 0 aliphatic heterocycles. The lowest BCUT2D eigenvalue weighted by atomic mass is 10.2. The van der Waals surface area contributed by atoms with Gasteiger partial charge in [0.15, 0.2) is 0 Å². The molecule has 1 N–H and O–H groups in total. The second-order valence-electron chi connectivity index (χ2n) is 1.92. The van der Waals surface area contributed by atoms with Crippen LogP contribution in [0.25, 0.3) is 0 Å². The van der Waals surface area contributed by atoms with Crippen LogP contribution in [-0.4, -0.2) is 11.4 Å². The summed E-state index contributed by atoms with van der Waals surface area (Å²) in [5.74, 6) is -0.150. The maximum atomic E-state index is 11.9. The molecule has 0 aromatic heterocycles. The average Bonchev–Trinajstić information content (AvgIpc) is 2.05. The third kappa shape index (κ3) is 1.71. The fourth-order valence-corrected chi connectivity index (χ4v) is 0.994. The zero-order chi connectivity index (χ0) is 8.27. The maximum absolute atomic E-state index is 11.9. The molecule has 1 aromatic carbocycles. The minimum absolute atomic E-state index is 0.0644. The first-order chi connectivity index (χ1) is 5.27. The van der Waals surface area contributed by atoms with Gasteiger partial charge in [0.2, 0.25) is 0 Å². The number of benzene rings is 1. The van der Waals surface area contributed by atoms with Crippen LogP contribution >= 0.6 is 12.1 Å². The molecule has 0 fully saturated rings. The molecule has 0 bridgehead atoms. The van der Waals surface area contributed by atoms with Crippen LogP contribution < -0.4 is 0 Å². The molecule has 11 heavy (non-hydrogen) atoms. The summed E-state index contributed by atoms with van der Waals surface area (Å²) >= 11 is -0.0839. The summed E-state index contributed by atoms with van der Waals surface area (Å²) in [6.45, 7) is 0. The van der Waals surface area contributed by atoms with Gasteiger partial charge < -0.3 is 5.11 Å². The van der Waals surface area contributed by atoms with Crippen LogP contribution in [-0.2, 0) is 0 Å². The molecule has 0 unspecified atom stereocenters. The van der Waals surface area contributed by atoms with E-state index in [-0.39, 0.29) is 22.8 Å². The number of phenolic OH excluding ortho intramolecular Hbond substituents is 1.